The topological polar surface area (TPSA) is 73.9 Å². The van der Waals surface area contributed by atoms with Crippen LogP contribution in [0, 0.1) is 0 Å². The quantitative estimate of drug-likeness (QED) is 0.201. The molecule has 2 aromatic rings. The molecule has 30 heavy (non-hydrogen) atoms. The summed E-state index contributed by atoms with van der Waals surface area (Å²) in [5.74, 6) is 1.48. The van der Waals surface area contributed by atoms with Gasteiger partial charge in [0.2, 0.25) is 0 Å². The van der Waals surface area contributed by atoms with Gasteiger partial charge in [0.1, 0.15) is 11.9 Å². The van der Waals surface area contributed by atoms with Crippen LogP contribution < -0.4 is 14.8 Å². The summed E-state index contributed by atoms with van der Waals surface area (Å²) >= 11 is 9.35. The van der Waals surface area contributed by atoms with Crippen LogP contribution in [0.1, 0.15) is 40.6 Å². The largest absolute Gasteiger partial charge is 0.493 e. The summed E-state index contributed by atoms with van der Waals surface area (Å²) in [5.41, 5.74) is 0.916. The van der Waals surface area contributed by atoms with Gasteiger partial charge in [0.15, 0.2) is 17.2 Å². The number of hydrogen-bond donors (Lipinski definition) is 1. The Morgan fingerprint density at radius 1 is 1.17 bits per heavy atom. The van der Waals surface area contributed by atoms with Crippen LogP contribution in [0.25, 0.3) is 0 Å². The standard InChI is InChI=1S/C21H22Br2INO5/c1-21(2,3)30-20(27)25-10-16(24)13-8-14(22)19(15(23)9-13)29-18-7-12(11-26)5-6-17(18)28-4/h5-9,11,16H,10H2,1-4H3,(H,25,27)/t16-/m0/s1. The van der Waals surface area contributed by atoms with Crippen molar-refractivity contribution < 1.29 is 23.8 Å². The number of nitrogens with one attached hydrogen (secondary N) is 1. The molecular formula is C21H22Br2INO5. The summed E-state index contributed by atoms with van der Waals surface area (Å²) in [6.45, 7) is 5.87. The summed E-state index contributed by atoms with van der Waals surface area (Å²) in [7, 11) is 1.54. The molecule has 6 nitrogen and oxygen atoms in total. The predicted octanol–water partition coefficient (Wildman–Crippen LogP) is 6.83. The molecule has 2 rings (SSSR count). The van der Waals surface area contributed by atoms with Crippen LogP contribution in [0.3, 0.4) is 0 Å². The van der Waals surface area contributed by atoms with Crippen LogP contribution >= 0.6 is 54.5 Å². The Morgan fingerprint density at radius 2 is 1.80 bits per heavy atom. The molecule has 0 spiro atoms. The predicted molar refractivity (Wildman–Crippen MR) is 131 cm³/mol. The number of alkyl carbamates (subject to hydrolysis) is 1. The second-order valence-corrected chi connectivity index (χ2v) is 10.5. The number of amides is 1. The van der Waals surface area contributed by atoms with E-state index in [2.05, 4.69) is 59.8 Å². The SMILES string of the molecule is COc1ccc(C=O)cc1Oc1c(Br)cc([C@@H](I)CNC(=O)OC(C)(C)C)cc1Br. The molecule has 0 saturated carbocycles. The normalized spacial score (nSPS) is 12.1. The molecule has 0 aliphatic heterocycles. The van der Waals surface area contributed by atoms with E-state index in [1.165, 1.54) is 7.11 Å². The van der Waals surface area contributed by atoms with Crippen molar-refractivity contribution >= 4 is 66.8 Å². The molecule has 0 aromatic heterocycles. The number of ether oxygens (including phenoxy) is 3. The number of methoxy groups -OCH3 is 1. The van der Waals surface area contributed by atoms with Crippen LogP contribution in [0.2, 0.25) is 0 Å². The average molecular weight is 655 g/mol. The minimum atomic E-state index is -0.544. The smallest absolute Gasteiger partial charge is 0.407 e. The highest BCUT2D eigenvalue weighted by Gasteiger charge is 2.19. The highest BCUT2D eigenvalue weighted by Crippen LogP contribution is 2.42. The highest BCUT2D eigenvalue weighted by atomic mass is 127. The maximum atomic E-state index is 11.9. The van der Waals surface area contributed by atoms with Crippen molar-refractivity contribution in [2.75, 3.05) is 13.7 Å². The van der Waals surface area contributed by atoms with Gasteiger partial charge in [-0.3, -0.25) is 4.79 Å². The number of halogens is 3. The molecule has 162 valence electrons. The van der Waals surface area contributed by atoms with Gasteiger partial charge in [-0.2, -0.15) is 0 Å². The minimum Gasteiger partial charge on any atom is -0.493 e. The fourth-order valence-corrected chi connectivity index (χ4v) is 4.38. The van der Waals surface area contributed by atoms with Gasteiger partial charge in [-0.05, 0) is 88.5 Å². The molecule has 2 aromatic carbocycles. The molecule has 0 heterocycles. The summed E-state index contributed by atoms with van der Waals surface area (Å²) in [4.78, 5) is 23.0. The number of carbonyl (C=O) groups excluding carboxylic acids is 2. The number of alkyl halides is 1. The number of benzene rings is 2. The van der Waals surface area contributed by atoms with Gasteiger partial charge in [-0.1, -0.05) is 22.6 Å². The second kappa shape index (κ2) is 10.8. The van der Waals surface area contributed by atoms with Crippen molar-refractivity contribution in [3.05, 3.63) is 50.4 Å². The second-order valence-electron chi connectivity index (χ2n) is 7.29. The first-order chi connectivity index (χ1) is 14.0. The zero-order chi connectivity index (χ0) is 22.5. The zero-order valence-corrected chi connectivity index (χ0v) is 22.3. The Morgan fingerprint density at radius 3 is 2.33 bits per heavy atom. The van der Waals surface area contributed by atoms with Crippen LogP contribution in [-0.4, -0.2) is 31.6 Å². The molecule has 0 radical (unpaired) electrons. The molecule has 0 aliphatic rings. The van der Waals surface area contributed by atoms with Crippen LogP contribution in [-0.2, 0) is 4.74 Å². The van der Waals surface area contributed by atoms with E-state index in [0.29, 0.717) is 38.3 Å². The molecule has 1 amide bonds. The van der Waals surface area contributed by atoms with Crippen molar-refractivity contribution in [1.29, 1.82) is 0 Å². The first-order valence-corrected chi connectivity index (χ1v) is 11.8. The fraction of sp³-hybridized carbons (Fsp3) is 0.333. The van der Waals surface area contributed by atoms with Gasteiger partial charge < -0.3 is 19.5 Å². The van der Waals surface area contributed by atoms with Gasteiger partial charge in [-0.15, -0.1) is 0 Å². The number of hydrogen-bond acceptors (Lipinski definition) is 5. The van der Waals surface area contributed by atoms with Gasteiger partial charge >= 0.3 is 6.09 Å². The molecule has 0 saturated heterocycles. The molecule has 0 fully saturated rings. The molecule has 9 heteroatoms. The molecule has 0 aliphatic carbocycles. The Hall–Kier alpha value is -1.33. The van der Waals surface area contributed by atoms with E-state index >= 15 is 0 Å². The minimum absolute atomic E-state index is 0.00435. The summed E-state index contributed by atoms with van der Waals surface area (Å²) in [6, 6.07) is 8.79. The van der Waals surface area contributed by atoms with E-state index in [0.717, 1.165) is 11.8 Å². The van der Waals surface area contributed by atoms with Crippen LogP contribution in [0.4, 0.5) is 4.79 Å². The maximum absolute atomic E-state index is 11.9. The van der Waals surface area contributed by atoms with Crippen molar-refractivity contribution in [3.63, 3.8) is 0 Å². The fourth-order valence-electron chi connectivity index (χ4n) is 2.42. The van der Waals surface area contributed by atoms with Crippen molar-refractivity contribution in [2.24, 2.45) is 0 Å². The van der Waals surface area contributed by atoms with E-state index < -0.39 is 11.7 Å². The lowest BCUT2D eigenvalue weighted by Gasteiger charge is -2.21. The molecule has 0 unspecified atom stereocenters. The Labute approximate surface area is 206 Å². The summed E-state index contributed by atoms with van der Waals surface area (Å²) in [5, 5.41) is 2.78. The first-order valence-electron chi connectivity index (χ1n) is 8.95. The third-order valence-electron chi connectivity index (χ3n) is 3.74. The van der Waals surface area contributed by atoms with Gasteiger partial charge in [0.25, 0.3) is 0 Å². The van der Waals surface area contributed by atoms with Crippen molar-refractivity contribution in [1.82, 2.24) is 5.32 Å². The number of carbonyl (C=O) groups is 2. The van der Waals surface area contributed by atoms with E-state index in [9.17, 15) is 9.59 Å². The molecular weight excluding hydrogens is 633 g/mol. The zero-order valence-electron chi connectivity index (χ0n) is 16.9. The molecule has 1 atom stereocenters. The Kier molecular flexibility index (Phi) is 8.98. The van der Waals surface area contributed by atoms with E-state index in [-0.39, 0.29) is 3.92 Å². The first kappa shape index (κ1) is 24.9. The Balaban J connectivity index is 2.17. The lowest BCUT2D eigenvalue weighted by atomic mass is 10.1. The van der Waals surface area contributed by atoms with Crippen molar-refractivity contribution in [2.45, 2.75) is 30.3 Å². The third kappa shape index (κ3) is 7.12. The summed E-state index contributed by atoms with van der Waals surface area (Å²) in [6.07, 6.45) is 0.294. The van der Waals surface area contributed by atoms with Crippen LogP contribution in [0.15, 0.2) is 39.3 Å². The maximum Gasteiger partial charge on any atom is 0.407 e. The average Bonchev–Trinajstić information content (AvgIpc) is 2.67. The number of aldehydes is 1. The lowest BCUT2D eigenvalue weighted by Crippen LogP contribution is -2.34. The van der Waals surface area contributed by atoms with Gasteiger partial charge in [0, 0.05) is 12.1 Å². The Bertz CT molecular complexity index is 907. The molecule has 0 bridgehead atoms. The van der Waals surface area contributed by atoms with E-state index in [4.69, 9.17) is 14.2 Å². The van der Waals surface area contributed by atoms with Crippen LogP contribution in [0.5, 0.6) is 17.2 Å². The van der Waals surface area contributed by atoms with Gasteiger partial charge in [0.05, 0.1) is 20.0 Å². The van der Waals surface area contributed by atoms with E-state index in [1.807, 2.05) is 32.9 Å². The third-order valence-corrected chi connectivity index (χ3v) is 6.08. The van der Waals surface area contributed by atoms with Gasteiger partial charge in [-0.25, -0.2) is 4.79 Å². The monoisotopic (exact) mass is 653 g/mol. The highest BCUT2D eigenvalue weighted by molar-refractivity contribution is 14.1. The van der Waals surface area contributed by atoms with Crippen molar-refractivity contribution in [3.8, 4) is 17.2 Å². The van der Waals surface area contributed by atoms with E-state index in [1.54, 1.807) is 18.2 Å². The summed E-state index contributed by atoms with van der Waals surface area (Å²) < 4.78 is 18.0. The lowest BCUT2D eigenvalue weighted by molar-refractivity contribution is 0.0528. The molecule has 1 N–H and O–H groups in total. The number of rotatable bonds is 7.